The number of benzene rings is 2. The summed E-state index contributed by atoms with van der Waals surface area (Å²) in [5.41, 5.74) is -0.437. The SMILES string of the molecule is CN1C(=O)[C@]2(N[C@H](C(F)(F)F)[C@@H](c3ccccc3)[C@@H]2C=O)c2ccccc21. The number of hydrogen-bond donors (Lipinski definition) is 1. The number of rotatable bonds is 2. The molecule has 4 rings (SSSR count). The topological polar surface area (TPSA) is 49.4 Å². The number of fused-ring (bicyclic) bond motifs is 2. The Morgan fingerprint density at radius 1 is 1.07 bits per heavy atom. The Kier molecular flexibility index (Phi) is 3.89. The third kappa shape index (κ3) is 2.34. The van der Waals surface area contributed by atoms with Crippen molar-refractivity contribution in [3.63, 3.8) is 0 Å². The van der Waals surface area contributed by atoms with Crippen LogP contribution in [0.1, 0.15) is 17.0 Å². The number of carbonyl (C=O) groups is 2. The van der Waals surface area contributed by atoms with Crippen LogP contribution in [-0.2, 0) is 15.1 Å². The molecule has 27 heavy (non-hydrogen) atoms. The number of alkyl halides is 3. The first kappa shape index (κ1) is 17.7. The van der Waals surface area contributed by atoms with Gasteiger partial charge in [0.25, 0.3) is 5.91 Å². The molecule has 0 aromatic heterocycles. The quantitative estimate of drug-likeness (QED) is 0.823. The van der Waals surface area contributed by atoms with Crippen LogP contribution >= 0.6 is 0 Å². The van der Waals surface area contributed by atoms with Crippen molar-refractivity contribution in [2.75, 3.05) is 11.9 Å². The van der Waals surface area contributed by atoms with Crippen molar-refractivity contribution < 1.29 is 22.8 Å². The van der Waals surface area contributed by atoms with E-state index in [2.05, 4.69) is 5.32 Å². The van der Waals surface area contributed by atoms with Crippen molar-refractivity contribution >= 4 is 17.9 Å². The number of likely N-dealkylation sites (N-methyl/N-ethyl adjacent to an activating group) is 1. The van der Waals surface area contributed by atoms with Crippen LogP contribution in [0.25, 0.3) is 0 Å². The minimum atomic E-state index is -4.62. The highest BCUT2D eigenvalue weighted by Crippen LogP contribution is 2.55. The lowest BCUT2D eigenvalue weighted by atomic mass is 9.73. The van der Waals surface area contributed by atoms with Gasteiger partial charge in [-0.15, -0.1) is 0 Å². The first-order chi connectivity index (χ1) is 12.8. The maximum Gasteiger partial charge on any atom is 0.404 e. The van der Waals surface area contributed by atoms with E-state index in [1.54, 1.807) is 54.6 Å². The number of halogens is 3. The van der Waals surface area contributed by atoms with Crippen LogP contribution in [0.5, 0.6) is 0 Å². The molecule has 2 heterocycles. The largest absolute Gasteiger partial charge is 0.404 e. The minimum absolute atomic E-state index is 0.376. The molecule has 2 aliphatic rings. The molecule has 1 N–H and O–H groups in total. The van der Waals surface area contributed by atoms with Gasteiger partial charge >= 0.3 is 6.18 Å². The second-order valence-electron chi connectivity index (χ2n) is 6.95. The molecule has 0 bridgehead atoms. The molecule has 0 saturated carbocycles. The smallest absolute Gasteiger partial charge is 0.313 e. The standard InChI is InChI=1S/C20H17F3N2O2/c1-25-15-10-6-5-9-13(15)19(18(25)27)14(11-26)16(12-7-3-2-4-8-12)17(24-19)20(21,22)23/h2-11,14,16-17,24H,1H3/t14-,16-,17-,19-/m0/s1. The fourth-order valence-electron chi connectivity index (χ4n) is 4.51. The molecule has 1 saturated heterocycles. The molecule has 1 amide bonds. The predicted molar refractivity (Wildman–Crippen MR) is 93.2 cm³/mol. The summed E-state index contributed by atoms with van der Waals surface area (Å²) in [6.45, 7) is 0. The Bertz CT molecular complexity index is 900. The minimum Gasteiger partial charge on any atom is -0.313 e. The molecule has 4 atom stereocenters. The predicted octanol–water partition coefficient (Wildman–Crippen LogP) is 2.99. The maximum atomic E-state index is 13.9. The highest BCUT2D eigenvalue weighted by molar-refractivity contribution is 6.09. The molecule has 0 radical (unpaired) electrons. The summed E-state index contributed by atoms with van der Waals surface area (Å²) in [6, 6.07) is 12.7. The average Bonchev–Trinajstić information content (AvgIpc) is 3.13. The van der Waals surface area contributed by atoms with E-state index in [9.17, 15) is 22.8 Å². The van der Waals surface area contributed by atoms with Gasteiger partial charge in [0.1, 0.15) is 17.9 Å². The Hall–Kier alpha value is -2.67. The molecule has 4 nitrogen and oxygen atoms in total. The molecule has 2 aromatic carbocycles. The second-order valence-corrected chi connectivity index (χ2v) is 6.95. The summed E-state index contributed by atoms with van der Waals surface area (Å²) in [5, 5.41) is 2.54. The fourth-order valence-corrected chi connectivity index (χ4v) is 4.51. The third-order valence-corrected chi connectivity index (χ3v) is 5.65. The van der Waals surface area contributed by atoms with E-state index in [1.165, 1.54) is 11.9 Å². The van der Waals surface area contributed by atoms with E-state index in [-0.39, 0.29) is 0 Å². The lowest BCUT2D eigenvalue weighted by Gasteiger charge is -2.28. The molecule has 140 valence electrons. The summed E-state index contributed by atoms with van der Waals surface area (Å²) in [7, 11) is 1.51. The summed E-state index contributed by atoms with van der Waals surface area (Å²) in [4.78, 5) is 26.6. The van der Waals surface area contributed by atoms with E-state index >= 15 is 0 Å². The third-order valence-electron chi connectivity index (χ3n) is 5.65. The number of nitrogens with one attached hydrogen (secondary N) is 1. The van der Waals surface area contributed by atoms with Crippen molar-refractivity contribution in [2.45, 2.75) is 23.7 Å². The Morgan fingerprint density at radius 3 is 2.33 bits per heavy atom. The van der Waals surface area contributed by atoms with Gasteiger partial charge in [0.15, 0.2) is 0 Å². The average molecular weight is 374 g/mol. The number of amides is 1. The van der Waals surface area contributed by atoms with E-state index in [1.807, 2.05) is 0 Å². The van der Waals surface area contributed by atoms with Crippen LogP contribution in [-0.4, -0.2) is 31.5 Å². The zero-order chi connectivity index (χ0) is 19.4. The zero-order valence-corrected chi connectivity index (χ0v) is 14.4. The number of para-hydroxylation sites is 1. The van der Waals surface area contributed by atoms with E-state index in [0.29, 0.717) is 23.1 Å². The molecule has 1 fully saturated rings. The van der Waals surface area contributed by atoms with Crippen molar-refractivity contribution in [3.05, 3.63) is 65.7 Å². The van der Waals surface area contributed by atoms with Gasteiger partial charge in [-0.2, -0.15) is 13.2 Å². The van der Waals surface area contributed by atoms with E-state index in [0.717, 1.165) is 0 Å². The van der Waals surface area contributed by atoms with Gasteiger partial charge in [-0.1, -0.05) is 48.5 Å². The normalized spacial score (nSPS) is 30.0. The first-order valence-electron chi connectivity index (χ1n) is 8.54. The van der Waals surface area contributed by atoms with Crippen LogP contribution < -0.4 is 10.2 Å². The van der Waals surface area contributed by atoms with Crippen LogP contribution in [0.3, 0.4) is 0 Å². The molecule has 0 unspecified atom stereocenters. The summed E-state index contributed by atoms with van der Waals surface area (Å²) < 4.78 is 41.8. The summed E-state index contributed by atoms with van der Waals surface area (Å²) in [5.74, 6) is -2.94. The summed E-state index contributed by atoms with van der Waals surface area (Å²) in [6.07, 6.45) is -4.13. The van der Waals surface area contributed by atoms with Gasteiger partial charge in [0, 0.05) is 24.2 Å². The van der Waals surface area contributed by atoms with Crippen molar-refractivity contribution in [3.8, 4) is 0 Å². The van der Waals surface area contributed by atoms with E-state index in [4.69, 9.17) is 0 Å². The van der Waals surface area contributed by atoms with Crippen LogP contribution in [0.15, 0.2) is 54.6 Å². The van der Waals surface area contributed by atoms with Gasteiger partial charge in [-0.3, -0.25) is 10.1 Å². The van der Waals surface area contributed by atoms with Gasteiger partial charge in [0.2, 0.25) is 0 Å². The second kappa shape index (κ2) is 5.92. The molecule has 0 aliphatic carbocycles. The van der Waals surface area contributed by atoms with Crippen molar-refractivity contribution in [1.82, 2.24) is 5.32 Å². The van der Waals surface area contributed by atoms with Crippen LogP contribution in [0.2, 0.25) is 0 Å². The fraction of sp³-hybridized carbons (Fsp3) is 0.300. The highest BCUT2D eigenvalue weighted by Gasteiger charge is 2.68. The van der Waals surface area contributed by atoms with Gasteiger partial charge in [-0.05, 0) is 11.6 Å². The van der Waals surface area contributed by atoms with Gasteiger partial charge < -0.3 is 9.69 Å². The van der Waals surface area contributed by atoms with Gasteiger partial charge in [0.05, 0.1) is 5.92 Å². The van der Waals surface area contributed by atoms with Crippen LogP contribution in [0.4, 0.5) is 18.9 Å². The molecule has 2 aromatic rings. The maximum absolute atomic E-state index is 13.9. The van der Waals surface area contributed by atoms with Gasteiger partial charge in [-0.25, -0.2) is 0 Å². The lowest BCUT2D eigenvalue weighted by molar-refractivity contribution is -0.158. The number of carbonyl (C=O) groups excluding carboxylic acids is 2. The highest BCUT2D eigenvalue weighted by atomic mass is 19.4. The molecule has 7 heteroatoms. The number of nitrogens with zero attached hydrogens (tertiary/aromatic N) is 1. The molecular weight excluding hydrogens is 357 g/mol. The number of anilines is 1. The number of hydrogen-bond acceptors (Lipinski definition) is 3. The monoisotopic (exact) mass is 374 g/mol. The zero-order valence-electron chi connectivity index (χ0n) is 14.4. The Labute approximate surface area is 154 Å². The lowest BCUT2D eigenvalue weighted by Crippen LogP contribution is -2.54. The van der Waals surface area contributed by atoms with Crippen molar-refractivity contribution in [1.29, 1.82) is 0 Å². The Balaban J connectivity index is 1.96. The Morgan fingerprint density at radius 2 is 1.70 bits per heavy atom. The van der Waals surface area contributed by atoms with Crippen LogP contribution in [0, 0.1) is 5.92 Å². The number of aldehydes is 1. The summed E-state index contributed by atoms with van der Waals surface area (Å²) >= 11 is 0. The van der Waals surface area contributed by atoms with E-state index < -0.39 is 35.5 Å². The van der Waals surface area contributed by atoms with Crippen molar-refractivity contribution in [2.24, 2.45) is 5.92 Å². The molecule has 1 spiro atoms. The molecular formula is C20H17F3N2O2. The molecule has 2 aliphatic heterocycles. The first-order valence-corrected chi connectivity index (χ1v) is 8.54.